The van der Waals surface area contributed by atoms with Crippen LogP contribution in [0.5, 0.6) is 23.0 Å². The quantitative estimate of drug-likeness (QED) is 0.100. The lowest BCUT2D eigenvalue weighted by Gasteiger charge is -2.28. The smallest absolute Gasteiger partial charge is 0.166 e. The average molecular weight is 699 g/mol. The van der Waals surface area contributed by atoms with E-state index >= 15 is 0 Å². The maximum Gasteiger partial charge on any atom is 0.166 e. The first-order valence-corrected chi connectivity index (χ1v) is 19.4. The Balaban J connectivity index is 1.76. The van der Waals surface area contributed by atoms with Crippen molar-refractivity contribution in [2.75, 3.05) is 0 Å². The molecule has 0 saturated heterocycles. The lowest BCUT2D eigenvalue weighted by atomic mass is 10.0. The van der Waals surface area contributed by atoms with E-state index in [2.05, 4.69) is 128 Å². The van der Waals surface area contributed by atoms with Gasteiger partial charge in [-0.3, -0.25) is 0 Å². The van der Waals surface area contributed by atoms with Gasteiger partial charge in [-0.25, -0.2) is 0 Å². The third-order valence-electron chi connectivity index (χ3n) is 8.86. The molecule has 0 saturated carbocycles. The largest absolute Gasteiger partial charge is 0.504 e. The van der Waals surface area contributed by atoms with Crippen molar-refractivity contribution in [2.24, 2.45) is 0 Å². The Labute approximate surface area is 298 Å². The number of benzene rings is 6. The number of aryl methyl sites for hydroxylation is 8. The fraction of sp³-hybridized carbons (Fsp3) is 0.182. The maximum absolute atomic E-state index is 12.0. The zero-order chi connectivity index (χ0) is 36.0. The molecular weight excluding hydrogens is 654 g/mol. The monoisotopic (exact) mass is 698 g/mol. The zero-order valence-electron chi connectivity index (χ0n) is 29.9. The SMILES string of the molecule is Cc1cc(C)cc(P(c2cc(C)cc(C)c2)c2ccc(O)c(O)c2-c2c(P(c3cc(C)cc(C)c3)c3cc(C)cc(C)c3)ccc(O)c2O)c1. The molecule has 0 atom stereocenters. The van der Waals surface area contributed by atoms with Crippen LogP contribution in [0.3, 0.4) is 0 Å². The van der Waals surface area contributed by atoms with Crippen LogP contribution < -0.4 is 31.8 Å². The van der Waals surface area contributed by atoms with Crippen LogP contribution >= 0.6 is 15.8 Å². The lowest BCUT2D eigenvalue weighted by Crippen LogP contribution is -2.27. The summed E-state index contributed by atoms with van der Waals surface area (Å²) >= 11 is 0. The molecular formula is C44H44O4P2. The molecule has 0 aliphatic heterocycles. The van der Waals surface area contributed by atoms with Gasteiger partial charge in [0.2, 0.25) is 0 Å². The predicted molar refractivity (Wildman–Crippen MR) is 214 cm³/mol. The molecule has 0 spiro atoms. The molecule has 0 radical (unpaired) electrons. The minimum Gasteiger partial charge on any atom is -0.504 e. The van der Waals surface area contributed by atoms with Crippen molar-refractivity contribution in [1.29, 1.82) is 0 Å². The summed E-state index contributed by atoms with van der Waals surface area (Å²) in [6, 6.07) is 32.9. The molecule has 0 amide bonds. The molecule has 0 fully saturated rings. The van der Waals surface area contributed by atoms with Crippen LogP contribution in [-0.4, -0.2) is 20.4 Å². The molecule has 0 bridgehead atoms. The van der Waals surface area contributed by atoms with Gasteiger partial charge in [-0.05, 0) is 127 Å². The summed E-state index contributed by atoms with van der Waals surface area (Å²) in [5.41, 5.74) is 9.60. The molecule has 4 N–H and O–H groups in total. The molecule has 4 nitrogen and oxygen atoms in total. The van der Waals surface area contributed by atoms with Gasteiger partial charge < -0.3 is 20.4 Å². The minimum absolute atomic E-state index is 0.296. The Morgan fingerprint density at radius 2 is 0.540 bits per heavy atom. The van der Waals surface area contributed by atoms with Crippen molar-refractivity contribution in [1.82, 2.24) is 0 Å². The summed E-state index contributed by atoms with van der Waals surface area (Å²) in [4.78, 5) is 0. The molecule has 0 aromatic heterocycles. The lowest BCUT2D eigenvalue weighted by molar-refractivity contribution is 0.400. The van der Waals surface area contributed by atoms with Crippen LogP contribution in [-0.2, 0) is 0 Å². The minimum atomic E-state index is -1.32. The third-order valence-corrected chi connectivity index (χ3v) is 13.7. The number of phenols is 4. The van der Waals surface area contributed by atoms with Crippen LogP contribution in [0.15, 0.2) is 97.1 Å². The molecule has 0 heterocycles. The summed E-state index contributed by atoms with van der Waals surface area (Å²) < 4.78 is 0. The van der Waals surface area contributed by atoms with Gasteiger partial charge in [-0.1, -0.05) is 117 Å². The van der Waals surface area contributed by atoms with E-state index in [1.54, 1.807) is 0 Å². The Hall–Kier alpha value is -4.62. The summed E-state index contributed by atoms with van der Waals surface area (Å²) in [6.07, 6.45) is 0. The number of hydrogen-bond donors (Lipinski definition) is 4. The van der Waals surface area contributed by atoms with Crippen LogP contribution in [0, 0.1) is 55.4 Å². The highest BCUT2D eigenvalue weighted by atomic mass is 31.1. The molecule has 0 aliphatic carbocycles. The highest BCUT2D eigenvalue weighted by molar-refractivity contribution is 7.80. The molecule has 6 heteroatoms. The Kier molecular flexibility index (Phi) is 9.82. The Morgan fingerprint density at radius 3 is 0.760 bits per heavy atom. The van der Waals surface area contributed by atoms with Gasteiger partial charge in [-0.2, -0.15) is 0 Å². The van der Waals surface area contributed by atoms with Crippen LogP contribution in [0.25, 0.3) is 11.1 Å². The maximum atomic E-state index is 12.0. The summed E-state index contributed by atoms with van der Waals surface area (Å²) in [5.74, 6) is -1.26. The first-order valence-electron chi connectivity index (χ1n) is 16.7. The van der Waals surface area contributed by atoms with Gasteiger partial charge in [0, 0.05) is 11.1 Å². The van der Waals surface area contributed by atoms with E-state index in [1.807, 2.05) is 12.1 Å². The molecule has 6 aromatic carbocycles. The topological polar surface area (TPSA) is 80.9 Å². The van der Waals surface area contributed by atoms with E-state index in [0.717, 1.165) is 76.3 Å². The van der Waals surface area contributed by atoms with Gasteiger partial charge in [-0.15, -0.1) is 0 Å². The molecule has 6 rings (SSSR count). The first kappa shape index (κ1) is 35.2. The van der Waals surface area contributed by atoms with Crippen molar-refractivity contribution < 1.29 is 20.4 Å². The average Bonchev–Trinajstić information content (AvgIpc) is 3.00. The molecule has 6 aromatic rings. The Bertz CT molecular complexity index is 1930. The molecule has 50 heavy (non-hydrogen) atoms. The van der Waals surface area contributed by atoms with Gasteiger partial charge in [0.25, 0.3) is 0 Å². The summed E-state index contributed by atoms with van der Waals surface area (Å²) in [5, 5.41) is 52.2. The van der Waals surface area contributed by atoms with E-state index in [0.29, 0.717) is 11.1 Å². The van der Waals surface area contributed by atoms with E-state index in [4.69, 9.17) is 0 Å². The van der Waals surface area contributed by atoms with E-state index in [1.165, 1.54) is 12.1 Å². The fourth-order valence-corrected chi connectivity index (χ4v) is 12.9. The second-order valence-electron chi connectivity index (χ2n) is 13.7. The standard InChI is InChI=1S/C44H44O4P2/c1-25-13-26(2)18-33(17-25)49(34-19-27(3)14-28(4)20-34)39-11-9-37(45)43(47)41(39)42-40(12-10-38(46)44(42)48)50(35-21-29(5)15-30(6)22-35)36-23-31(7)16-32(8)24-36/h9-24,45-48H,1-8H3. The van der Waals surface area contributed by atoms with E-state index in [9.17, 15) is 20.4 Å². The summed E-state index contributed by atoms with van der Waals surface area (Å²) in [6.45, 7) is 16.7. The first-order chi connectivity index (χ1) is 23.7. The number of phenolic OH excluding ortho intramolecular Hbond substituents is 4. The summed E-state index contributed by atoms with van der Waals surface area (Å²) in [7, 11) is -2.65. The zero-order valence-corrected chi connectivity index (χ0v) is 31.7. The second kappa shape index (κ2) is 13.9. The number of rotatable bonds is 7. The van der Waals surface area contributed by atoms with Gasteiger partial charge in [0.1, 0.15) is 0 Å². The predicted octanol–water partition coefficient (Wildman–Crippen LogP) is 8.16. The number of hydrogen-bond acceptors (Lipinski definition) is 4. The van der Waals surface area contributed by atoms with Crippen LogP contribution in [0.4, 0.5) is 0 Å². The fourth-order valence-electron chi connectivity index (χ4n) is 7.18. The molecule has 0 aliphatic rings. The van der Waals surface area contributed by atoms with Crippen LogP contribution in [0.2, 0.25) is 0 Å². The van der Waals surface area contributed by atoms with Crippen molar-refractivity contribution in [2.45, 2.75) is 55.4 Å². The van der Waals surface area contributed by atoms with E-state index < -0.39 is 15.8 Å². The molecule has 254 valence electrons. The van der Waals surface area contributed by atoms with Crippen molar-refractivity contribution in [3.05, 3.63) is 142 Å². The van der Waals surface area contributed by atoms with Crippen molar-refractivity contribution >= 4 is 47.7 Å². The van der Waals surface area contributed by atoms with Crippen molar-refractivity contribution in [3.8, 4) is 34.1 Å². The van der Waals surface area contributed by atoms with Crippen LogP contribution in [0.1, 0.15) is 44.5 Å². The highest BCUT2D eigenvalue weighted by Crippen LogP contribution is 2.50. The van der Waals surface area contributed by atoms with Gasteiger partial charge in [0.05, 0.1) is 0 Å². The van der Waals surface area contributed by atoms with E-state index in [-0.39, 0.29) is 23.0 Å². The third kappa shape index (κ3) is 7.02. The highest BCUT2D eigenvalue weighted by Gasteiger charge is 2.32. The van der Waals surface area contributed by atoms with Crippen molar-refractivity contribution in [3.63, 3.8) is 0 Å². The molecule has 0 unspecified atom stereocenters. The van der Waals surface area contributed by atoms with Gasteiger partial charge >= 0.3 is 0 Å². The van der Waals surface area contributed by atoms with Gasteiger partial charge in [0.15, 0.2) is 23.0 Å². The second-order valence-corrected chi connectivity index (χ2v) is 18.1. The Morgan fingerprint density at radius 1 is 0.320 bits per heavy atom. The number of aromatic hydroxyl groups is 4. The normalized spacial score (nSPS) is 11.5.